The van der Waals surface area contributed by atoms with Gasteiger partial charge in [0.1, 0.15) is 6.61 Å². The quantitative estimate of drug-likeness (QED) is 0.484. The van der Waals surface area contributed by atoms with Gasteiger partial charge < -0.3 is 14.4 Å². The number of para-hydroxylation sites is 2. The zero-order chi connectivity index (χ0) is 19.8. The van der Waals surface area contributed by atoms with Crippen molar-refractivity contribution in [3.63, 3.8) is 0 Å². The Kier molecular flexibility index (Phi) is 7.91. The first kappa shape index (κ1) is 21.0. The van der Waals surface area contributed by atoms with Crippen LogP contribution in [0.2, 0.25) is 0 Å². The maximum Gasteiger partial charge on any atom is 0.222 e. The second kappa shape index (κ2) is 10.2. The summed E-state index contributed by atoms with van der Waals surface area (Å²) in [6, 6.07) is 7.48. The summed E-state index contributed by atoms with van der Waals surface area (Å²) in [5.41, 5.74) is 2.95. The van der Waals surface area contributed by atoms with E-state index in [4.69, 9.17) is 9.47 Å². The summed E-state index contributed by atoms with van der Waals surface area (Å²) >= 11 is 1.52. The van der Waals surface area contributed by atoms with Gasteiger partial charge >= 0.3 is 0 Å². The number of likely N-dealkylation sites (N-methyl/N-ethyl adjacent to an activating group) is 1. The minimum atomic E-state index is 0.0753. The average molecular weight is 390 g/mol. The molecule has 1 heterocycles. The zero-order valence-corrected chi connectivity index (χ0v) is 17.4. The van der Waals surface area contributed by atoms with Gasteiger partial charge in [0, 0.05) is 24.9 Å². The number of aromatic nitrogens is 2. The minimum Gasteiger partial charge on any atom is -0.493 e. The Labute approximate surface area is 165 Å². The number of amides is 1. The minimum absolute atomic E-state index is 0.0753. The van der Waals surface area contributed by atoms with Crippen LogP contribution in [-0.4, -0.2) is 54.3 Å². The average Bonchev–Trinajstić information content (AvgIpc) is 2.67. The summed E-state index contributed by atoms with van der Waals surface area (Å²) in [5.74, 6) is 1.44. The number of rotatable bonds is 9. The molecule has 0 saturated heterocycles. The van der Waals surface area contributed by atoms with Crippen LogP contribution in [0, 0.1) is 13.8 Å². The van der Waals surface area contributed by atoms with Gasteiger partial charge in [-0.15, -0.1) is 0 Å². The summed E-state index contributed by atoms with van der Waals surface area (Å²) in [5, 5.41) is 0.769. The van der Waals surface area contributed by atoms with Crippen molar-refractivity contribution >= 4 is 17.7 Å². The number of methoxy groups -OCH3 is 1. The molecule has 0 aliphatic carbocycles. The smallest absolute Gasteiger partial charge is 0.222 e. The van der Waals surface area contributed by atoms with Crippen LogP contribution in [0.5, 0.6) is 11.5 Å². The Hall–Kier alpha value is -2.28. The van der Waals surface area contributed by atoms with Crippen molar-refractivity contribution in [2.45, 2.75) is 31.8 Å². The van der Waals surface area contributed by atoms with E-state index in [0.29, 0.717) is 37.5 Å². The molecule has 7 heteroatoms. The van der Waals surface area contributed by atoms with Crippen LogP contribution in [0.3, 0.4) is 0 Å². The SMILES string of the molecule is COc1ccccc1OCCN(C)C(=O)CCc1c(C)nc(SC)nc1C. The molecular weight excluding hydrogens is 362 g/mol. The number of benzene rings is 1. The number of ether oxygens (including phenoxy) is 2. The molecule has 1 aromatic carbocycles. The Bertz CT molecular complexity index is 760. The van der Waals surface area contributed by atoms with Crippen molar-refractivity contribution < 1.29 is 14.3 Å². The molecule has 0 aliphatic heterocycles. The lowest BCUT2D eigenvalue weighted by atomic mass is 10.1. The molecular formula is C20H27N3O3S. The van der Waals surface area contributed by atoms with Gasteiger partial charge in [0.15, 0.2) is 16.7 Å². The molecule has 1 amide bonds. The fourth-order valence-corrected chi connectivity index (χ4v) is 3.20. The highest BCUT2D eigenvalue weighted by molar-refractivity contribution is 7.98. The van der Waals surface area contributed by atoms with E-state index in [1.165, 1.54) is 11.8 Å². The van der Waals surface area contributed by atoms with Gasteiger partial charge in [0.05, 0.1) is 13.7 Å². The van der Waals surface area contributed by atoms with Crippen molar-refractivity contribution in [1.82, 2.24) is 14.9 Å². The topological polar surface area (TPSA) is 64.6 Å². The summed E-state index contributed by atoms with van der Waals surface area (Å²) in [4.78, 5) is 23.1. The van der Waals surface area contributed by atoms with Crippen LogP contribution in [0.4, 0.5) is 0 Å². The molecule has 0 fully saturated rings. The second-order valence-electron chi connectivity index (χ2n) is 6.17. The number of nitrogens with zero attached hydrogens (tertiary/aromatic N) is 3. The van der Waals surface area contributed by atoms with E-state index < -0.39 is 0 Å². The largest absolute Gasteiger partial charge is 0.493 e. The van der Waals surface area contributed by atoms with Gasteiger partial charge in [0.25, 0.3) is 0 Å². The van der Waals surface area contributed by atoms with Crippen molar-refractivity contribution in [2.75, 3.05) is 33.6 Å². The summed E-state index contributed by atoms with van der Waals surface area (Å²) in [7, 11) is 3.40. The summed E-state index contributed by atoms with van der Waals surface area (Å²) in [6.07, 6.45) is 3.02. The van der Waals surface area contributed by atoms with Crippen molar-refractivity contribution in [3.8, 4) is 11.5 Å². The molecule has 2 aromatic rings. The van der Waals surface area contributed by atoms with E-state index in [1.807, 2.05) is 44.4 Å². The van der Waals surface area contributed by atoms with Gasteiger partial charge in [0.2, 0.25) is 5.91 Å². The molecule has 0 N–H and O–H groups in total. The predicted molar refractivity (Wildman–Crippen MR) is 108 cm³/mol. The maximum atomic E-state index is 12.4. The van der Waals surface area contributed by atoms with Crippen molar-refractivity contribution in [2.24, 2.45) is 0 Å². The first-order chi connectivity index (χ1) is 13.0. The summed E-state index contributed by atoms with van der Waals surface area (Å²) in [6.45, 7) is 4.86. The molecule has 0 atom stereocenters. The van der Waals surface area contributed by atoms with Gasteiger partial charge in [-0.05, 0) is 44.2 Å². The normalized spacial score (nSPS) is 10.6. The Morgan fingerprint density at radius 1 is 1.15 bits per heavy atom. The summed E-state index contributed by atoms with van der Waals surface area (Å²) < 4.78 is 11.0. The van der Waals surface area contributed by atoms with E-state index in [1.54, 1.807) is 19.1 Å². The standard InChI is InChI=1S/C20H27N3O3S/c1-14-16(15(2)22-20(21-14)27-5)10-11-19(24)23(3)12-13-26-18-9-7-6-8-17(18)25-4/h6-9H,10-13H2,1-5H3. The van der Waals surface area contributed by atoms with Gasteiger partial charge in [-0.1, -0.05) is 23.9 Å². The molecule has 27 heavy (non-hydrogen) atoms. The first-order valence-corrected chi connectivity index (χ1v) is 10.1. The molecule has 146 valence electrons. The molecule has 0 radical (unpaired) electrons. The Morgan fingerprint density at radius 3 is 2.37 bits per heavy atom. The van der Waals surface area contributed by atoms with Crippen LogP contribution < -0.4 is 9.47 Å². The van der Waals surface area contributed by atoms with E-state index >= 15 is 0 Å². The van der Waals surface area contributed by atoms with Gasteiger partial charge in [-0.25, -0.2) is 9.97 Å². The number of carbonyl (C=O) groups excluding carboxylic acids is 1. The van der Waals surface area contributed by atoms with Crippen molar-refractivity contribution in [1.29, 1.82) is 0 Å². The lowest BCUT2D eigenvalue weighted by Gasteiger charge is -2.18. The monoisotopic (exact) mass is 389 g/mol. The van der Waals surface area contributed by atoms with E-state index in [0.717, 1.165) is 22.1 Å². The molecule has 0 unspecified atom stereocenters. The fourth-order valence-electron chi connectivity index (χ4n) is 2.74. The number of hydrogen-bond acceptors (Lipinski definition) is 6. The Balaban J connectivity index is 1.84. The van der Waals surface area contributed by atoms with Crippen molar-refractivity contribution in [3.05, 3.63) is 41.2 Å². The number of thioether (sulfide) groups is 1. The lowest BCUT2D eigenvalue weighted by Crippen LogP contribution is -2.31. The Morgan fingerprint density at radius 2 is 1.78 bits per heavy atom. The predicted octanol–water partition coefficient (Wildman–Crippen LogP) is 3.29. The van der Waals surface area contributed by atoms with Crippen LogP contribution in [0.1, 0.15) is 23.4 Å². The molecule has 0 aliphatic rings. The van der Waals surface area contributed by atoms with E-state index in [-0.39, 0.29) is 5.91 Å². The third kappa shape index (κ3) is 5.85. The third-order valence-corrected chi connectivity index (χ3v) is 4.90. The number of aryl methyl sites for hydroxylation is 2. The molecule has 1 aromatic heterocycles. The third-order valence-electron chi connectivity index (χ3n) is 4.35. The first-order valence-electron chi connectivity index (χ1n) is 8.84. The van der Waals surface area contributed by atoms with Crippen LogP contribution in [0.15, 0.2) is 29.4 Å². The molecule has 6 nitrogen and oxygen atoms in total. The lowest BCUT2D eigenvalue weighted by molar-refractivity contribution is -0.130. The maximum absolute atomic E-state index is 12.4. The number of hydrogen-bond donors (Lipinski definition) is 0. The van der Waals surface area contributed by atoms with Gasteiger partial charge in [-0.3, -0.25) is 4.79 Å². The molecule has 0 spiro atoms. The highest BCUT2D eigenvalue weighted by Crippen LogP contribution is 2.25. The molecule has 0 bridgehead atoms. The highest BCUT2D eigenvalue weighted by Gasteiger charge is 2.13. The zero-order valence-electron chi connectivity index (χ0n) is 16.6. The van der Waals surface area contributed by atoms with Crippen LogP contribution >= 0.6 is 11.8 Å². The molecule has 2 rings (SSSR count). The number of carbonyl (C=O) groups is 1. The van der Waals surface area contributed by atoms with Gasteiger partial charge in [-0.2, -0.15) is 0 Å². The van der Waals surface area contributed by atoms with E-state index in [9.17, 15) is 4.79 Å². The fraction of sp³-hybridized carbons (Fsp3) is 0.450. The molecule has 0 saturated carbocycles. The van der Waals surface area contributed by atoms with Crippen LogP contribution in [0.25, 0.3) is 0 Å². The van der Waals surface area contributed by atoms with Crippen LogP contribution in [-0.2, 0) is 11.2 Å². The second-order valence-corrected chi connectivity index (χ2v) is 6.95. The van der Waals surface area contributed by atoms with E-state index in [2.05, 4.69) is 9.97 Å². The highest BCUT2D eigenvalue weighted by atomic mass is 32.2.